The summed E-state index contributed by atoms with van der Waals surface area (Å²) in [5.74, 6) is -0.317. The zero-order valence-electron chi connectivity index (χ0n) is 16.3. The number of rotatable bonds is 9. The molecular weight excluding hydrogens is 441 g/mol. The Kier molecular flexibility index (Phi) is 7.80. The molecule has 0 spiro atoms. The highest BCUT2D eigenvalue weighted by Gasteiger charge is 2.15. The van der Waals surface area contributed by atoms with Gasteiger partial charge in [0.05, 0.1) is 12.3 Å². The van der Waals surface area contributed by atoms with Gasteiger partial charge in [0.2, 0.25) is 5.91 Å². The molecule has 2 aromatic carbocycles. The van der Waals surface area contributed by atoms with E-state index in [-0.39, 0.29) is 29.9 Å². The lowest BCUT2D eigenvalue weighted by Crippen LogP contribution is -2.24. The van der Waals surface area contributed by atoms with E-state index in [4.69, 9.17) is 11.6 Å². The third kappa shape index (κ3) is 6.40. The number of allylic oxidation sites excluding steroid dienone is 1. The monoisotopic (exact) mass is 459 g/mol. The van der Waals surface area contributed by atoms with Crippen LogP contribution in [0.25, 0.3) is 0 Å². The first-order valence-electron chi connectivity index (χ1n) is 9.21. The highest BCUT2D eigenvalue weighted by Crippen LogP contribution is 2.18. The van der Waals surface area contributed by atoms with E-state index < -0.39 is 0 Å². The summed E-state index contributed by atoms with van der Waals surface area (Å²) in [6.45, 7) is 4.29. The number of benzene rings is 2. The van der Waals surface area contributed by atoms with E-state index in [1.165, 1.54) is 36.0 Å². The standard InChI is InChI=1S/C21H19ClFN5O2S/c1-2-10-28-18(12-24-20(30)14-4-3-5-15(22)11-14)26-27-21(28)31-13-19(29)25-17-8-6-16(23)7-9-17/h2-9,11H,1,10,12-13H2,(H,24,30)(H,25,29). The van der Waals surface area contributed by atoms with E-state index in [0.29, 0.717) is 33.8 Å². The van der Waals surface area contributed by atoms with Gasteiger partial charge in [0.25, 0.3) is 5.91 Å². The average molecular weight is 460 g/mol. The molecule has 1 aromatic heterocycles. The zero-order chi connectivity index (χ0) is 22.2. The molecule has 1 heterocycles. The van der Waals surface area contributed by atoms with Crippen molar-refractivity contribution in [3.63, 3.8) is 0 Å². The molecule has 10 heteroatoms. The maximum absolute atomic E-state index is 13.0. The maximum Gasteiger partial charge on any atom is 0.251 e. The van der Waals surface area contributed by atoms with Crippen molar-refractivity contribution in [3.05, 3.63) is 83.4 Å². The Morgan fingerprint density at radius 1 is 1.19 bits per heavy atom. The number of halogens is 2. The first-order chi connectivity index (χ1) is 15.0. The van der Waals surface area contributed by atoms with E-state index in [0.717, 1.165) is 0 Å². The molecule has 0 radical (unpaired) electrons. The minimum atomic E-state index is -0.375. The highest BCUT2D eigenvalue weighted by molar-refractivity contribution is 7.99. The smallest absolute Gasteiger partial charge is 0.251 e. The second kappa shape index (κ2) is 10.7. The predicted molar refractivity (Wildman–Crippen MR) is 119 cm³/mol. The Hall–Kier alpha value is -3.17. The minimum absolute atomic E-state index is 0.0848. The number of carbonyl (C=O) groups excluding carboxylic acids is 2. The molecule has 160 valence electrons. The van der Waals surface area contributed by atoms with Gasteiger partial charge in [0.1, 0.15) is 5.82 Å². The van der Waals surface area contributed by atoms with E-state index in [2.05, 4.69) is 27.4 Å². The quantitative estimate of drug-likeness (QED) is 0.374. The van der Waals surface area contributed by atoms with Crippen molar-refractivity contribution in [2.45, 2.75) is 18.2 Å². The van der Waals surface area contributed by atoms with Gasteiger partial charge >= 0.3 is 0 Å². The molecule has 0 fully saturated rings. The van der Waals surface area contributed by atoms with Crippen LogP contribution in [0.1, 0.15) is 16.2 Å². The van der Waals surface area contributed by atoms with Crippen LogP contribution in [0.5, 0.6) is 0 Å². The number of nitrogens with zero attached hydrogens (tertiary/aromatic N) is 3. The lowest BCUT2D eigenvalue weighted by atomic mass is 10.2. The number of amides is 2. The van der Waals surface area contributed by atoms with E-state index in [1.54, 1.807) is 34.9 Å². The van der Waals surface area contributed by atoms with Crippen LogP contribution in [0, 0.1) is 5.82 Å². The normalized spacial score (nSPS) is 10.5. The molecule has 0 saturated heterocycles. The molecule has 0 bridgehead atoms. The average Bonchev–Trinajstić information content (AvgIpc) is 3.14. The summed E-state index contributed by atoms with van der Waals surface area (Å²) in [5.41, 5.74) is 0.943. The third-order valence-electron chi connectivity index (χ3n) is 4.06. The molecule has 3 rings (SSSR count). The van der Waals surface area contributed by atoms with Crippen molar-refractivity contribution in [1.82, 2.24) is 20.1 Å². The summed E-state index contributed by atoms with van der Waals surface area (Å²) >= 11 is 7.12. The van der Waals surface area contributed by atoms with E-state index >= 15 is 0 Å². The predicted octanol–water partition coefficient (Wildman–Crippen LogP) is 3.92. The minimum Gasteiger partial charge on any atom is -0.345 e. The van der Waals surface area contributed by atoms with Crippen LogP contribution in [-0.2, 0) is 17.9 Å². The summed E-state index contributed by atoms with van der Waals surface area (Å²) in [6, 6.07) is 12.1. The SMILES string of the molecule is C=CCn1c(CNC(=O)c2cccc(Cl)c2)nnc1SCC(=O)Nc1ccc(F)cc1. The molecule has 31 heavy (non-hydrogen) atoms. The number of aromatic nitrogens is 3. The van der Waals surface area contributed by atoms with Crippen LogP contribution in [0.3, 0.4) is 0 Å². The van der Waals surface area contributed by atoms with E-state index in [1.807, 2.05) is 0 Å². The van der Waals surface area contributed by atoms with Crippen molar-refractivity contribution in [1.29, 1.82) is 0 Å². The van der Waals surface area contributed by atoms with Crippen LogP contribution in [0.15, 0.2) is 66.3 Å². The zero-order valence-corrected chi connectivity index (χ0v) is 17.9. The fourth-order valence-corrected chi connectivity index (χ4v) is 3.58. The first-order valence-corrected chi connectivity index (χ1v) is 10.6. The lowest BCUT2D eigenvalue weighted by molar-refractivity contribution is -0.113. The Bertz CT molecular complexity index is 1090. The third-order valence-corrected chi connectivity index (χ3v) is 5.26. The molecule has 2 N–H and O–H groups in total. The Morgan fingerprint density at radius 3 is 2.68 bits per heavy atom. The number of hydrogen-bond acceptors (Lipinski definition) is 5. The van der Waals surface area contributed by atoms with Gasteiger partial charge in [0.15, 0.2) is 11.0 Å². The molecule has 0 aliphatic carbocycles. The van der Waals surface area contributed by atoms with Gasteiger partial charge in [-0.25, -0.2) is 4.39 Å². The van der Waals surface area contributed by atoms with Gasteiger partial charge in [-0.3, -0.25) is 9.59 Å². The number of carbonyl (C=O) groups is 2. The van der Waals surface area contributed by atoms with Crippen LogP contribution in [0.2, 0.25) is 5.02 Å². The van der Waals surface area contributed by atoms with Crippen LogP contribution in [-0.4, -0.2) is 32.3 Å². The van der Waals surface area contributed by atoms with Crippen LogP contribution in [0.4, 0.5) is 10.1 Å². The van der Waals surface area contributed by atoms with Crippen LogP contribution >= 0.6 is 23.4 Å². The number of hydrogen-bond donors (Lipinski definition) is 2. The Morgan fingerprint density at radius 2 is 1.97 bits per heavy atom. The second-order valence-corrected chi connectivity index (χ2v) is 7.71. The largest absolute Gasteiger partial charge is 0.345 e. The van der Waals surface area contributed by atoms with Gasteiger partial charge in [-0.05, 0) is 42.5 Å². The van der Waals surface area contributed by atoms with Gasteiger partial charge in [0, 0.05) is 22.8 Å². The molecule has 0 aliphatic heterocycles. The molecule has 0 unspecified atom stereocenters. The molecule has 7 nitrogen and oxygen atoms in total. The highest BCUT2D eigenvalue weighted by atomic mass is 35.5. The Labute approximate surface area is 187 Å². The summed E-state index contributed by atoms with van der Waals surface area (Å²) in [4.78, 5) is 24.5. The lowest BCUT2D eigenvalue weighted by Gasteiger charge is -2.09. The van der Waals surface area contributed by atoms with Gasteiger partial charge in [-0.15, -0.1) is 16.8 Å². The van der Waals surface area contributed by atoms with Gasteiger partial charge in [-0.2, -0.15) is 0 Å². The fourth-order valence-electron chi connectivity index (χ4n) is 2.62. The second-order valence-electron chi connectivity index (χ2n) is 6.33. The van der Waals surface area contributed by atoms with Crippen molar-refractivity contribution in [2.24, 2.45) is 0 Å². The Balaban J connectivity index is 1.60. The number of anilines is 1. The van der Waals surface area contributed by atoms with Gasteiger partial charge < -0.3 is 15.2 Å². The summed E-state index contributed by atoms with van der Waals surface area (Å²) in [5, 5.41) is 14.7. The molecular formula is C21H19ClFN5O2S. The molecule has 0 atom stereocenters. The number of thioether (sulfide) groups is 1. The fraction of sp³-hybridized carbons (Fsp3) is 0.143. The molecule has 2 amide bonds. The summed E-state index contributed by atoms with van der Waals surface area (Å²) in [6.07, 6.45) is 1.67. The topological polar surface area (TPSA) is 88.9 Å². The van der Waals surface area contributed by atoms with Crippen LogP contribution < -0.4 is 10.6 Å². The van der Waals surface area contributed by atoms with E-state index in [9.17, 15) is 14.0 Å². The van der Waals surface area contributed by atoms with Gasteiger partial charge in [-0.1, -0.05) is 35.5 Å². The molecule has 0 saturated carbocycles. The number of nitrogens with one attached hydrogen (secondary N) is 2. The van der Waals surface area contributed by atoms with Crippen molar-refractivity contribution in [3.8, 4) is 0 Å². The molecule has 3 aromatic rings. The van der Waals surface area contributed by atoms with Crippen molar-refractivity contribution in [2.75, 3.05) is 11.1 Å². The first kappa shape index (κ1) is 22.5. The summed E-state index contributed by atoms with van der Waals surface area (Å²) < 4.78 is 14.7. The van der Waals surface area contributed by atoms with Crippen molar-refractivity contribution < 1.29 is 14.0 Å². The van der Waals surface area contributed by atoms with Crippen molar-refractivity contribution >= 4 is 40.9 Å². The molecule has 0 aliphatic rings. The maximum atomic E-state index is 13.0. The summed E-state index contributed by atoms with van der Waals surface area (Å²) in [7, 11) is 0.